The molecule has 1 aromatic rings. The fraction of sp³-hybridized carbons (Fsp3) is 0.625. The van der Waals surface area contributed by atoms with E-state index >= 15 is 0 Å². The lowest BCUT2D eigenvalue weighted by Crippen LogP contribution is -2.42. The molecule has 19 heavy (non-hydrogen) atoms. The molecule has 0 radical (unpaired) electrons. The smallest absolute Gasteiger partial charge is 0.125 e. The van der Waals surface area contributed by atoms with E-state index in [0.29, 0.717) is 12.0 Å². The third-order valence-electron chi connectivity index (χ3n) is 3.86. The molecule has 2 atom stereocenters. The predicted molar refractivity (Wildman–Crippen MR) is 81.0 cm³/mol. The Bertz CT molecular complexity index is 446. The SMILES string of the molecule is CCC1(C)CC(NCC(C)C)c2cc(Cl)ccc2O1. The molecule has 2 unspecified atom stereocenters. The Morgan fingerprint density at radius 2 is 2.21 bits per heavy atom. The van der Waals surface area contributed by atoms with Crippen molar-refractivity contribution in [2.45, 2.75) is 52.2 Å². The van der Waals surface area contributed by atoms with E-state index in [4.69, 9.17) is 16.3 Å². The van der Waals surface area contributed by atoms with Gasteiger partial charge in [-0.1, -0.05) is 32.4 Å². The van der Waals surface area contributed by atoms with E-state index in [2.05, 4.69) is 33.0 Å². The first-order chi connectivity index (χ1) is 8.93. The highest BCUT2D eigenvalue weighted by molar-refractivity contribution is 6.30. The lowest BCUT2D eigenvalue weighted by atomic mass is 9.86. The topological polar surface area (TPSA) is 21.3 Å². The predicted octanol–water partition coefficient (Wildman–Crippen LogP) is 4.58. The second-order valence-electron chi connectivity index (χ2n) is 6.15. The van der Waals surface area contributed by atoms with Gasteiger partial charge in [-0.15, -0.1) is 0 Å². The molecule has 0 aromatic heterocycles. The summed E-state index contributed by atoms with van der Waals surface area (Å²) in [5, 5.41) is 4.43. The van der Waals surface area contributed by atoms with E-state index in [1.54, 1.807) is 0 Å². The molecule has 0 saturated carbocycles. The molecule has 0 aliphatic carbocycles. The summed E-state index contributed by atoms with van der Waals surface area (Å²) in [5.41, 5.74) is 1.11. The van der Waals surface area contributed by atoms with Crippen LogP contribution in [-0.2, 0) is 0 Å². The van der Waals surface area contributed by atoms with Crippen molar-refractivity contribution < 1.29 is 4.74 Å². The van der Waals surface area contributed by atoms with Crippen molar-refractivity contribution in [1.29, 1.82) is 0 Å². The third kappa shape index (κ3) is 3.43. The average Bonchev–Trinajstić information content (AvgIpc) is 2.36. The van der Waals surface area contributed by atoms with Gasteiger partial charge in [0.05, 0.1) is 0 Å². The maximum absolute atomic E-state index is 6.16. The van der Waals surface area contributed by atoms with Gasteiger partial charge in [0.25, 0.3) is 0 Å². The summed E-state index contributed by atoms with van der Waals surface area (Å²) >= 11 is 6.13. The Kier molecular flexibility index (Phi) is 4.42. The minimum Gasteiger partial charge on any atom is -0.487 e. The summed E-state index contributed by atoms with van der Waals surface area (Å²) in [6.07, 6.45) is 2.00. The standard InChI is InChI=1S/C16H24ClNO/c1-5-16(4)9-14(18-10-11(2)3)13-8-12(17)6-7-15(13)19-16/h6-8,11,14,18H,5,9-10H2,1-4H3. The normalized spacial score (nSPS) is 26.1. The number of halogens is 1. The molecule has 106 valence electrons. The number of nitrogens with one attached hydrogen (secondary N) is 1. The van der Waals surface area contributed by atoms with Gasteiger partial charge in [0.2, 0.25) is 0 Å². The molecule has 1 aromatic carbocycles. The van der Waals surface area contributed by atoms with Crippen molar-refractivity contribution in [3.05, 3.63) is 28.8 Å². The number of hydrogen-bond donors (Lipinski definition) is 1. The Hall–Kier alpha value is -0.730. The quantitative estimate of drug-likeness (QED) is 0.872. The Balaban J connectivity index is 2.28. The lowest BCUT2D eigenvalue weighted by Gasteiger charge is -2.40. The molecule has 1 heterocycles. The molecule has 0 fully saturated rings. The van der Waals surface area contributed by atoms with Gasteiger partial charge < -0.3 is 10.1 Å². The van der Waals surface area contributed by atoms with E-state index in [1.165, 1.54) is 5.56 Å². The number of rotatable bonds is 4. The fourth-order valence-corrected chi connectivity index (χ4v) is 2.69. The first-order valence-electron chi connectivity index (χ1n) is 7.15. The van der Waals surface area contributed by atoms with Gasteiger partial charge in [-0.3, -0.25) is 0 Å². The molecule has 2 nitrogen and oxygen atoms in total. The van der Waals surface area contributed by atoms with Crippen LogP contribution >= 0.6 is 11.6 Å². The highest BCUT2D eigenvalue weighted by Crippen LogP contribution is 2.42. The summed E-state index contributed by atoms with van der Waals surface area (Å²) < 4.78 is 6.16. The van der Waals surface area contributed by atoms with Crippen molar-refractivity contribution >= 4 is 11.6 Å². The van der Waals surface area contributed by atoms with Gasteiger partial charge in [0.1, 0.15) is 11.4 Å². The van der Waals surface area contributed by atoms with Gasteiger partial charge in [-0.05, 0) is 44.0 Å². The molecule has 1 N–H and O–H groups in total. The maximum atomic E-state index is 6.16. The molecule has 2 rings (SSSR count). The summed E-state index contributed by atoms with van der Waals surface area (Å²) in [6, 6.07) is 6.26. The van der Waals surface area contributed by atoms with Crippen LogP contribution < -0.4 is 10.1 Å². The maximum Gasteiger partial charge on any atom is 0.125 e. The van der Waals surface area contributed by atoms with Crippen LogP contribution in [0.4, 0.5) is 0 Å². The Morgan fingerprint density at radius 3 is 2.84 bits per heavy atom. The third-order valence-corrected chi connectivity index (χ3v) is 4.10. The van der Waals surface area contributed by atoms with Crippen LogP contribution in [0.5, 0.6) is 5.75 Å². The van der Waals surface area contributed by atoms with E-state index < -0.39 is 0 Å². The molecule has 0 spiro atoms. The summed E-state index contributed by atoms with van der Waals surface area (Å²) in [5.74, 6) is 1.61. The molecule has 0 saturated heterocycles. The first-order valence-corrected chi connectivity index (χ1v) is 7.53. The zero-order valence-electron chi connectivity index (χ0n) is 12.3. The summed E-state index contributed by atoms with van der Waals surface area (Å²) in [7, 11) is 0. The molecule has 1 aliphatic heterocycles. The van der Waals surface area contributed by atoms with Crippen molar-refractivity contribution in [1.82, 2.24) is 5.32 Å². The van der Waals surface area contributed by atoms with Gasteiger partial charge in [-0.25, -0.2) is 0 Å². The summed E-state index contributed by atoms with van der Waals surface area (Å²) in [4.78, 5) is 0. The second kappa shape index (κ2) is 5.72. The Labute approximate surface area is 121 Å². The van der Waals surface area contributed by atoms with Gasteiger partial charge in [-0.2, -0.15) is 0 Å². The van der Waals surface area contributed by atoms with Crippen molar-refractivity contribution in [2.75, 3.05) is 6.54 Å². The molecular weight excluding hydrogens is 258 g/mol. The molecule has 0 amide bonds. The number of benzene rings is 1. The summed E-state index contributed by atoms with van der Waals surface area (Å²) in [6.45, 7) is 9.83. The van der Waals surface area contributed by atoms with Crippen LogP contribution in [0.2, 0.25) is 5.02 Å². The highest BCUT2D eigenvalue weighted by atomic mass is 35.5. The van der Waals surface area contributed by atoms with Crippen LogP contribution in [0.1, 0.15) is 52.1 Å². The molecule has 0 bridgehead atoms. The van der Waals surface area contributed by atoms with Crippen LogP contribution in [-0.4, -0.2) is 12.1 Å². The zero-order valence-corrected chi connectivity index (χ0v) is 13.1. The minimum atomic E-state index is -0.0878. The van der Waals surface area contributed by atoms with Crippen LogP contribution in [0.15, 0.2) is 18.2 Å². The van der Waals surface area contributed by atoms with E-state index in [-0.39, 0.29) is 5.60 Å². The van der Waals surface area contributed by atoms with Crippen molar-refractivity contribution in [3.63, 3.8) is 0 Å². The van der Waals surface area contributed by atoms with Crippen LogP contribution in [0, 0.1) is 5.92 Å². The molecule has 3 heteroatoms. The van der Waals surface area contributed by atoms with E-state index in [9.17, 15) is 0 Å². The van der Waals surface area contributed by atoms with Gasteiger partial charge in [0, 0.05) is 23.0 Å². The van der Waals surface area contributed by atoms with Crippen LogP contribution in [0.3, 0.4) is 0 Å². The number of hydrogen-bond acceptors (Lipinski definition) is 2. The first kappa shape index (κ1) is 14.7. The second-order valence-corrected chi connectivity index (χ2v) is 6.58. The zero-order chi connectivity index (χ0) is 14.0. The van der Waals surface area contributed by atoms with Crippen molar-refractivity contribution in [3.8, 4) is 5.75 Å². The van der Waals surface area contributed by atoms with E-state index in [1.807, 2.05) is 18.2 Å². The fourth-order valence-electron chi connectivity index (χ4n) is 2.51. The monoisotopic (exact) mass is 281 g/mol. The average molecular weight is 282 g/mol. The van der Waals surface area contributed by atoms with E-state index in [0.717, 1.165) is 30.2 Å². The Morgan fingerprint density at radius 1 is 1.47 bits per heavy atom. The molecule has 1 aliphatic rings. The minimum absolute atomic E-state index is 0.0878. The number of fused-ring (bicyclic) bond motifs is 1. The van der Waals surface area contributed by atoms with Crippen LogP contribution in [0.25, 0.3) is 0 Å². The van der Waals surface area contributed by atoms with Gasteiger partial charge >= 0.3 is 0 Å². The molecular formula is C16H24ClNO. The van der Waals surface area contributed by atoms with Gasteiger partial charge in [0.15, 0.2) is 0 Å². The lowest BCUT2D eigenvalue weighted by molar-refractivity contribution is 0.0438. The largest absolute Gasteiger partial charge is 0.487 e. The van der Waals surface area contributed by atoms with Crippen molar-refractivity contribution in [2.24, 2.45) is 5.92 Å². The highest BCUT2D eigenvalue weighted by Gasteiger charge is 2.35. The number of ether oxygens (including phenoxy) is 1.